The Balaban J connectivity index is 1.57. The second-order valence-corrected chi connectivity index (χ2v) is 7.13. The normalized spacial score (nSPS) is 10.4. The van der Waals surface area contributed by atoms with Crippen LogP contribution in [0.3, 0.4) is 0 Å². The molecule has 0 aliphatic heterocycles. The van der Waals surface area contributed by atoms with E-state index in [2.05, 4.69) is 36.2 Å². The van der Waals surface area contributed by atoms with Crippen molar-refractivity contribution in [2.45, 2.75) is 5.22 Å². The van der Waals surface area contributed by atoms with Crippen LogP contribution in [0.2, 0.25) is 0 Å². The maximum atomic E-state index is 12.1. The lowest BCUT2D eigenvalue weighted by atomic mass is 10.2. The van der Waals surface area contributed by atoms with Gasteiger partial charge in [0.05, 0.1) is 18.4 Å². The first kappa shape index (κ1) is 19.1. The number of nitrogens with one attached hydrogen (secondary N) is 1. The summed E-state index contributed by atoms with van der Waals surface area (Å²) in [6.07, 6.45) is 0. The molecule has 1 heterocycles. The molecule has 0 aliphatic rings. The second-order valence-electron chi connectivity index (χ2n) is 5.29. The van der Waals surface area contributed by atoms with Gasteiger partial charge in [-0.2, -0.15) is 0 Å². The summed E-state index contributed by atoms with van der Waals surface area (Å²) < 4.78 is 11.2. The summed E-state index contributed by atoms with van der Waals surface area (Å²) >= 11 is 4.49. The maximum absolute atomic E-state index is 12.1. The molecule has 0 saturated carbocycles. The van der Waals surface area contributed by atoms with Crippen molar-refractivity contribution in [3.63, 3.8) is 0 Å². The minimum Gasteiger partial charge on any atom is -0.465 e. The van der Waals surface area contributed by atoms with Gasteiger partial charge in [-0.1, -0.05) is 33.8 Å². The van der Waals surface area contributed by atoms with Crippen molar-refractivity contribution in [1.82, 2.24) is 10.2 Å². The highest BCUT2D eigenvalue weighted by Gasteiger charge is 2.12. The van der Waals surface area contributed by atoms with Gasteiger partial charge in [-0.15, -0.1) is 10.2 Å². The Kier molecular flexibility index (Phi) is 6.25. The van der Waals surface area contributed by atoms with Crippen LogP contribution in [0.25, 0.3) is 11.5 Å². The third-order valence-electron chi connectivity index (χ3n) is 3.39. The van der Waals surface area contributed by atoms with Gasteiger partial charge in [0.2, 0.25) is 11.8 Å². The van der Waals surface area contributed by atoms with Gasteiger partial charge in [0.1, 0.15) is 0 Å². The molecule has 3 rings (SSSR count). The van der Waals surface area contributed by atoms with E-state index in [1.54, 1.807) is 24.3 Å². The van der Waals surface area contributed by atoms with E-state index in [-0.39, 0.29) is 11.7 Å². The summed E-state index contributed by atoms with van der Waals surface area (Å²) in [5.74, 6) is -0.252. The topological polar surface area (TPSA) is 94.3 Å². The number of aromatic nitrogens is 2. The zero-order valence-electron chi connectivity index (χ0n) is 14.1. The Hall–Kier alpha value is -2.65. The SMILES string of the molecule is COC(=O)c1cccc(NC(=O)CSc2nnc(-c3ccc(Br)cc3)o2)c1. The minimum absolute atomic E-state index is 0.0877. The number of esters is 1. The van der Waals surface area contributed by atoms with Crippen molar-refractivity contribution in [3.8, 4) is 11.5 Å². The molecule has 7 nitrogen and oxygen atoms in total. The number of hydrogen-bond acceptors (Lipinski definition) is 7. The molecule has 0 unspecified atom stereocenters. The van der Waals surface area contributed by atoms with Gasteiger partial charge in [-0.25, -0.2) is 4.79 Å². The highest BCUT2D eigenvalue weighted by atomic mass is 79.9. The summed E-state index contributed by atoms with van der Waals surface area (Å²) in [7, 11) is 1.30. The fourth-order valence-corrected chi connectivity index (χ4v) is 2.97. The summed E-state index contributed by atoms with van der Waals surface area (Å²) in [6, 6.07) is 14.0. The van der Waals surface area contributed by atoms with E-state index in [4.69, 9.17) is 4.42 Å². The van der Waals surface area contributed by atoms with Crippen LogP contribution < -0.4 is 5.32 Å². The predicted octanol–water partition coefficient (Wildman–Crippen LogP) is 4.02. The Bertz CT molecular complexity index is 959. The predicted molar refractivity (Wildman–Crippen MR) is 105 cm³/mol. The number of rotatable bonds is 6. The lowest BCUT2D eigenvalue weighted by molar-refractivity contribution is -0.113. The Labute approximate surface area is 167 Å². The van der Waals surface area contributed by atoms with Gasteiger partial charge in [-0.3, -0.25) is 4.79 Å². The van der Waals surface area contributed by atoms with Crippen LogP contribution >= 0.6 is 27.7 Å². The number of carbonyl (C=O) groups excluding carboxylic acids is 2. The van der Waals surface area contributed by atoms with Crippen LogP contribution in [0, 0.1) is 0 Å². The van der Waals surface area contributed by atoms with Gasteiger partial charge in [0.25, 0.3) is 5.22 Å². The number of nitrogens with zero attached hydrogens (tertiary/aromatic N) is 2. The van der Waals surface area contributed by atoms with Crippen LogP contribution in [0.1, 0.15) is 10.4 Å². The molecular formula is C18H14BrN3O4S. The first-order valence-corrected chi connectivity index (χ1v) is 9.53. The number of benzene rings is 2. The molecule has 27 heavy (non-hydrogen) atoms. The lowest BCUT2D eigenvalue weighted by Gasteiger charge is -2.05. The third kappa shape index (κ3) is 5.18. The molecular weight excluding hydrogens is 434 g/mol. The number of methoxy groups -OCH3 is 1. The van der Waals surface area contributed by atoms with E-state index < -0.39 is 5.97 Å². The van der Waals surface area contributed by atoms with E-state index >= 15 is 0 Å². The van der Waals surface area contributed by atoms with Crippen molar-refractivity contribution in [2.24, 2.45) is 0 Å². The molecule has 0 fully saturated rings. The van der Waals surface area contributed by atoms with E-state index in [9.17, 15) is 9.59 Å². The van der Waals surface area contributed by atoms with Crippen molar-refractivity contribution in [1.29, 1.82) is 0 Å². The van der Waals surface area contributed by atoms with E-state index in [0.717, 1.165) is 21.8 Å². The molecule has 0 saturated heterocycles. The molecule has 0 bridgehead atoms. The van der Waals surface area contributed by atoms with E-state index in [1.165, 1.54) is 7.11 Å². The molecule has 1 N–H and O–H groups in total. The van der Waals surface area contributed by atoms with Crippen LogP contribution in [-0.4, -0.2) is 34.9 Å². The molecule has 1 amide bonds. The Morgan fingerprint density at radius 1 is 1.19 bits per heavy atom. The smallest absolute Gasteiger partial charge is 0.337 e. The third-order valence-corrected chi connectivity index (χ3v) is 4.74. The highest BCUT2D eigenvalue weighted by Crippen LogP contribution is 2.24. The Morgan fingerprint density at radius 2 is 1.96 bits per heavy atom. The van der Waals surface area contributed by atoms with Crippen LogP contribution in [0.5, 0.6) is 0 Å². The zero-order chi connectivity index (χ0) is 19.2. The molecule has 0 aliphatic carbocycles. The average molecular weight is 448 g/mol. The highest BCUT2D eigenvalue weighted by molar-refractivity contribution is 9.10. The fraction of sp³-hybridized carbons (Fsp3) is 0.111. The molecule has 1 aromatic heterocycles. The van der Waals surface area contributed by atoms with Crippen LogP contribution in [-0.2, 0) is 9.53 Å². The quantitative estimate of drug-likeness (QED) is 0.450. The minimum atomic E-state index is -0.466. The molecule has 138 valence electrons. The van der Waals surface area contributed by atoms with Crippen molar-refractivity contribution >= 4 is 45.3 Å². The molecule has 3 aromatic rings. The van der Waals surface area contributed by atoms with Crippen LogP contribution in [0.4, 0.5) is 5.69 Å². The summed E-state index contributed by atoms with van der Waals surface area (Å²) in [5.41, 5.74) is 1.66. The van der Waals surface area contributed by atoms with Gasteiger partial charge >= 0.3 is 5.97 Å². The van der Waals surface area contributed by atoms with E-state index in [0.29, 0.717) is 22.4 Å². The van der Waals surface area contributed by atoms with Gasteiger partial charge in [0.15, 0.2) is 0 Å². The fourth-order valence-electron chi connectivity index (χ4n) is 2.14. The average Bonchev–Trinajstić information content (AvgIpc) is 3.15. The number of hydrogen-bond donors (Lipinski definition) is 1. The zero-order valence-corrected chi connectivity index (χ0v) is 16.5. The number of ether oxygens (including phenoxy) is 1. The summed E-state index contributed by atoms with van der Waals surface area (Å²) in [5, 5.41) is 10.9. The number of thioether (sulfide) groups is 1. The maximum Gasteiger partial charge on any atom is 0.337 e. The standard InChI is InChI=1S/C18H14BrN3O4S/c1-25-17(24)12-3-2-4-14(9-12)20-15(23)10-27-18-22-21-16(26-18)11-5-7-13(19)8-6-11/h2-9H,10H2,1H3,(H,20,23). The van der Waals surface area contributed by atoms with E-state index in [1.807, 2.05) is 24.3 Å². The molecule has 0 radical (unpaired) electrons. The van der Waals surface area contributed by atoms with Gasteiger partial charge < -0.3 is 14.5 Å². The lowest BCUT2D eigenvalue weighted by Crippen LogP contribution is -2.14. The summed E-state index contributed by atoms with van der Waals surface area (Å²) in [4.78, 5) is 23.6. The number of carbonyl (C=O) groups is 2. The molecule has 2 aromatic carbocycles. The number of amides is 1. The molecule has 0 spiro atoms. The van der Waals surface area contributed by atoms with Crippen LogP contribution in [0.15, 0.2) is 62.6 Å². The van der Waals surface area contributed by atoms with Crippen molar-refractivity contribution in [2.75, 3.05) is 18.2 Å². The number of anilines is 1. The Morgan fingerprint density at radius 3 is 2.70 bits per heavy atom. The first-order chi connectivity index (χ1) is 13.0. The van der Waals surface area contributed by atoms with Gasteiger partial charge in [0, 0.05) is 15.7 Å². The van der Waals surface area contributed by atoms with Crippen molar-refractivity contribution < 1.29 is 18.7 Å². The largest absolute Gasteiger partial charge is 0.465 e. The van der Waals surface area contributed by atoms with Gasteiger partial charge in [-0.05, 0) is 42.5 Å². The summed E-state index contributed by atoms with van der Waals surface area (Å²) in [6.45, 7) is 0. The molecule has 0 atom stereocenters. The van der Waals surface area contributed by atoms with Crippen molar-refractivity contribution in [3.05, 3.63) is 58.6 Å². The molecule has 9 heteroatoms. The monoisotopic (exact) mass is 447 g/mol. The first-order valence-electron chi connectivity index (χ1n) is 7.75. The number of halogens is 1. The second kappa shape index (κ2) is 8.83.